The lowest BCUT2D eigenvalue weighted by Crippen LogP contribution is -2.56. The van der Waals surface area contributed by atoms with Crippen molar-refractivity contribution < 1.29 is 9.90 Å². The highest BCUT2D eigenvalue weighted by Gasteiger charge is 2.35. The fourth-order valence-electron chi connectivity index (χ4n) is 4.33. The van der Waals surface area contributed by atoms with E-state index in [-0.39, 0.29) is 17.9 Å². The summed E-state index contributed by atoms with van der Waals surface area (Å²) in [4.78, 5) is 14.8. The third-order valence-corrected chi connectivity index (χ3v) is 5.72. The molecule has 0 aromatic heterocycles. The maximum Gasteiger partial charge on any atom is 0.222 e. The maximum atomic E-state index is 12.3. The molecule has 2 fully saturated rings. The number of rotatable bonds is 5. The van der Waals surface area contributed by atoms with Crippen LogP contribution in [0.4, 0.5) is 0 Å². The van der Waals surface area contributed by atoms with Crippen LogP contribution in [0.3, 0.4) is 0 Å². The van der Waals surface area contributed by atoms with Crippen molar-refractivity contribution in [1.82, 2.24) is 10.2 Å². The SMILES string of the molecule is CC1CC(C)CN(C(C)(C)CNC(=O)CC2(O)CCCCC2)C1. The molecule has 1 amide bonds. The molecule has 0 bridgehead atoms. The Labute approximate surface area is 142 Å². The second-order valence-electron chi connectivity index (χ2n) is 8.90. The summed E-state index contributed by atoms with van der Waals surface area (Å²) in [6, 6.07) is 0. The Morgan fingerprint density at radius 1 is 1.17 bits per heavy atom. The van der Waals surface area contributed by atoms with Gasteiger partial charge in [-0.1, -0.05) is 33.1 Å². The predicted molar refractivity (Wildman–Crippen MR) is 94.3 cm³/mol. The van der Waals surface area contributed by atoms with E-state index < -0.39 is 5.60 Å². The lowest BCUT2D eigenvalue weighted by atomic mass is 9.82. The molecule has 4 nitrogen and oxygen atoms in total. The lowest BCUT2D eigenvalue weighted by Gasteiger charge is -2.45. The molecule has 0 aromatic carbocycles. The van der Waals surface area contributed by atoms with Crippen molar-refractivity contribution in [2.24, 2.45) is 11.8 Å². The largest absolute Gasteiger partial charge is 0.389 e. The van der Waals surface area contributed by atoms with Gasteiger partial charge in [0.25, 0.3) is 0 Å². The number of nitrogens with one attached hydrogen (secondary N) is 1. The third-order valence-electron chi connectivity index (χ3n) is 5.72. The molecule has 2 aliphatic rings. The number of aliphatic hydroxyl groups is 1. The summed E-state index contributed by atoms with van der Waals surface area (Å²) in [5, 5.41) is 13.6. The average molecular weight is 325 g/mol. The predicted octanol–water partition coefficient (Wildman–Crippen LogP) is 2.94. The molecule has 1 aliphatic carbocycles. The molecule has 1 saturated carbocycles. The van der Waals surface area contributed by atoms with Gasteiger partial charge in [0.2, 0.25) is 5.91 Å². The number of carbonyl (C=O) groups excluding carboxylic acids is 1. The first-order valence-electron chi connectivity index (χ1n) is 9.44. The van der Waals surface area contributed by atoms with Gasteiger partial charge in [0, 0.05) is 25.2 Å². The Hall–Kier alpha value is -0.610. The first-order valence-corrected chi connectivity index (χ1v) is 9.44. The van der Waals surface area contributed by atoms with Crippen LogP contribution >= 0.6 is 0 Å². The zero-order valence-corrected chi connectivity index (χ0v) is 15.5. The van der Waals surface area contributed by atoms with Crippen molar-refractivity contribution in [3.05, 3.63) is 0 Å². The highest BCUT2D eigenvalue weighted by Crippen LogP contribution is 2.31. The van der Waals surface area contributed by atoms with E-state index in [1.165, 1.54) is 12.8 Å². The molecule has 2 unspecified atom stereocenters. The van der Waals surface area contributed by atoms with Gasteiger partial charge in [-0.2, -0.15) is 0 Å². The fourth-order valence-corrected chi connectivity index (χ4v) is 4.33. The second-order valence-corrected chi connectivity index (χ2v) is 8.90. The number of piperidine rings is 1. The fraction of sp³-hybridized carbons (Fsp3) is 0.947. The summed E-state index contributed by atoms with van der Waals surface area (Å²) in [6.45, 7) is 11.9. The van der Waals surface area contributed by atoms with Gasteiger partial charge in [-0.3, -0.25) is 9.69 Å². The van der Waals surface area contributed by atoms with Crippen LogP contribution < -0.4 is 5.32 Å². The highest BCUT2D eigenvalue weighted by atomic mass is 16.3. The van der Waals surface area contributed by atoms with Crippen LogP contribution in [-0.2, 0) is 4.79 Å². The topological polar surface area (TPSA) is 52.6 Å². The minimum absolute atomic E-state index is 0.000538. The van der Waals surface area contributed by atoms with Gasteiger partial charge in [-0.25, -0.2) is 0 Å². The van der Waals surface area contributed by atoms with Crippen molar-refractivity contribution in [1.29, 1.82) is 0 Å². The van der Waals surface area contributed by atoms with Crippen molar-refractivity contribution in [3.8, 4) is 0 Å². The zero-order valence-electron chi connectivity index (χ0n) is 15.5. The number of nitrogens with zero attached hydrogens (tertiary/aromatic N) is 1. The van der Waals surface area contributed by atoms with E-state index in [1.54, 1.807) is 0 Å². The molecule has 1 saturated heterocycles. The summed E-state index contributed by atoms with van der Waals surface area (Å²) in [6.07, 6.45) is 6.36. The van der Waals surface area contributed by atoms with E-state index in [1.807, 2.05) is 0 Å². The Bertz CT molecular complexity index is 392. The van der Waals surface area contributed by atoms with Crippen LogP contribution in [0.15, 0.2) is 0 Å². The van der Waals surface area contributed by atoms with Gasteiger partial charge >= 0.3 is 0 Å². The standard InChI is InChI=1S/C19H36N2O2/c1-15-10-16(2)13-21(12-15)18(3,4)14-20-17(22)11-19(23)8-6-5-7-9-19/h15-16,23H,5-14H2,1-4H3,(H,20,22). The smallest absolute Gasteiger partial charge is 0.222 e. The van der Waals surface area contributed by atoms with Gasteiger partial charge in [0.15, 0.2) is 0 Å². The monoisotopic (exact) mass is 324 g/mol. The van der Waals surface area contributed by atoms with Gasteiger partial charge in [-0.05, 0) is 44.9 Å². The zero-order chi connectivity index (χ0) is 17.1. The molecule has 0 aromatic rings. The Kier molecular flexibility index (Phi) is 6.12. The minimum atomic E-state index is -0.763. The quantitative estimate of drug-likeness (QED) is 0.817. The van der Waals surface area contributed by atoms with Crippen LogP contribution in [0.2, 0.25) is 0 Å². The van der Waals surface area contributed by atoms with Crippen molar-refractivity contribution in [2.45, 2.75) is 83.8 Å². The molecular formula is C19H36N2O2. The van der Waals surface area contributed by atoms with Crippen LogP contribution in [0.25, 0.3) is 0 Å². The molecule has 4 heteroatoms. The molecular weight excluding hydrogens is 288 g/mol. The summed E-state index contributed by atoms with van der Waals surface area (Å²) < 4.78 is 0. The van der Waals surface area contributed by atoms with Gasteiger partial charge < -0.3 is 10.4 Å². The normalized spacial score (nSPS) is 29.3. The van der Waals surface area contributed by atoms with Gasteiger partial charge in [0.1, 0.15) is 0 Å². The molecule has 2 N–H and O–H groups in total. The molecule has 2 rings (SSSR count). The van der Waals surface area contributed by atoms with E-state index in [4.69, 9.17) is 0 Å². The van der Waals surface area contributed by atoms with E-state index in [9.17, 15) is 9.90 Å². The van der Waals surface area contributed by atoms with Gasteiger partial charge in [0.05, 0.1) is 12.0 Å². The Balaban J connectivity index is 1.82. The molecule has 2 atom stereocenters. The average Bonchev–Trinajstić information content (AvgIpc) is 2.44. The van der Waals surface area contributed by atoms with E-state index in [2.05, 4.69) is 37.9 Å². The first kappa shape index (κ1) is 18.7. The summed E-state index contributed by atoms with van der Waals surface area (Å²) in [5.41, 5.74) is -0.797. The minimum Gasteiger partial charge on any atom is -0.389 e. The molecule has 0 spiro atoms. The molecule has 1 heterocycles. The Morgan fingerprint density at radius 2 is 1.74 bits per heavy atom. The summed E-state index contributed by atoms with van der Waals surface area (Å²) >= 11 is 0. The molecule has 134 valence electrons. The molecule has 0 radical (unpaired) electrons. The first-order chi connectivity index (χ1) is 10.7. The van der Waals surface area contributed by atoms with Crippen LogP contribution in [-0.4, -0.2) is 46.7 Å². The van der Waals surface area contributed by atoms with Crippen molar-refractivity contribution in [2.75, 3.05) is 19.6 Å². The van der Waals surface area contributed by atoms with Crippen LogP contribution in [0.1, 0.15) is 72.6 Å². The molecule has 1 aliphatic heterocycles. The highest BCUT2D eigenvalue weighted by molar-refractivity contribution is 5.77. The van der Waals surface area contributed by atoms with Crippen LogP contribution in [0.5, 0.6) is 0 Å². The number of likely N-dealkylation sites (tertiary alicyclic amines) is 1. The van der Waals surface area contributed by atoms with E-state index >= 15 is 0 Å². The van der Waals surface area contributed by atoms with E-state index in [0.29, 0.717) is 6.54 Å². The number of carbonyl (C=O) groups is 1. The summed E-state index contributed by atoms with van der Waals surface area (Å²) in [5.74, 6) is 1.44. The number of hydrogen-bond acceptors (Lipinski definition) is 3. The van der Waals surface area contributed by atoms with Crippen molar-refractivity contribution >= 4 is 5.91 Å². The maximum absolute atomic E-state index is 12.3. The van der Waals surface area contributed by atoms with Crippen LogP contribution in [0, 0.1) is 11.8 Å². The third kappa shape index (κ3) is 5.46. The second kappa shape index (κ2) is 7.52. The number of hydrogen-bond donors (Lipinski definition) is 2. The number of amides is 1. The lowest BCUT2D eigenvalue weighted by molar-refractivity contribution is -0.128. The van der Waals surface area contributed by atoms with E-state index in [0.717, 1.165) is 50.6 Å². The Morgan fingerprint density at radius 3 is 2.30 bits per heavy atom. The van der Waals surface area contributed by atoms with Gasteiger partial charge in [-0.15, -0.1) is 0 Å². The van der Waals surface area contributed by atoms with Crippen molar-refractivity contribution in [3.63, 3.8) is 0 Å². The summed E-state index contributed by atoms with van der Waals surface area (Å²) in [7, 11) is 0. The molecule has 23 heavy (non-hydrogen) atoms.